The van der Waals surface area contributed by atoms with Gasteiger partial charge in [-0.2, -0.15) is 5.10 Å². The van der Waals surface area contributed by atoms with Gasteiger partial charge >= 0.3 is 5.97 Å². The summed E-state index contributed by atoms with van der Waals surface area (Å²) in [6.07, 6.45) is 0. The van der Waals surface area contributed by atoms with E-state index in [0.717, 1.165) is 21.6 Å². The number of carbonyl (C=O) groups is 3. The first-order valence-electron chi connectivity index (χ1n) is 9.91. The lowest BCUT2D eigenvalue weighted by Crippen LogP contribution is -2.43. The van der Waals surface area contributed by atoms with E-state index < -0.39 is 24.4 Å². The van der Waals surface area contributed by atoms with E-state index in [-0.39, 0.29) is 0 Å². The van der Waals surface area contributed by atoms with Crippen LogP contribution in [0.2, 0.25) is 0 Å². The number of aromatic nitrogens is 2. The maximum Gasteiger partial charge on any atom is 0.348 e. The Balaban J connectivity index is 1.34. The zero-order valence-electron chi connectivity index (χ0n) is 17.8. The predicted octanol–water partition coefficient (Wildman–Crippen LogP) is 3.02. The minimum Gasteiger partial charge on any atom is -0.497 e. The van der Waals surface area contributed by atoms with Crippen LogP contribution in [0, 0.1) is 6.92 Å². The van der Waals surface area contributed by atoms with Crippen molar-refractivity contribution in [3.63, 3.8) is 0 Å². The lowest BCUT2D eigenvalue weighted by atomic mass is 10.2. The molecular weight excluding hydrogens is 444 g/mol. The number of thiophene rings is 1. The Labute approximate surface area is 192 Å². The van der Waals surface area contributed by atoms with Crippen molar-refractivity contribution in [1.29, 1.82) is 0 Å². The molecule has 4 rings (SSSR count). The normalized spacial score (nSPS) is 10.6. The lowest BCUT2D eigenvalue weighted by molar-refractivity contribution is -0.125. The highest BCUT2D eigenvalue weighted by atomic mass is 32.1. The van der Waals surface area contributed by atoms with E-state index in [0.29, 0.717) is 16.2 Å². The van der Waals surface area contributed by atoms with Crippen molar-refractivity contribution in [1.82, 2.24) is 20.6 Å². The van der Waals surface area contributed by atoms with Crippen molar-refractivity contribution >= 4 is 39.3 Å². The molecule has 0 radical (unpaired) electrons. The smallest absolute Gasteiger partial charge is 0.348 e. The molecule has 0 unspecified atom stereocenters. The van der Waals surface area contributed by atoms with Crippen molar-refractivity contribution in [2.24, 2.45) is 0 Å². The van der Waals surface area contributed by atoms with Crippen LogP contribution in [0.1, 0.15) is 25.7 Å². The monoisotopic (exact) mass is 464 g/mol. The summed E-state index contributed by atoms with van der Waals surface area (Å²) < 4.78 is 11.9. The molecule has 0 bridgehead atoms. The summed E-state index contributed by atoms with van der Waals surface area (Å²) in [6.45, 7) is 1.32. The van der Waals surface area contributed by atoms with Gasteiger partial charge in [-0.05, 0) is 49.4 Å². The minimum atomic E-state index is -0.669. The molecule has 0 saturated carbocycles. The van der Waals surface area contributed by atoms with E-state index in [1.54, 1.807) is 35.0 Å². The van der Waals surface area contributed by atoms with Crippen LogP contribution < -0.4 is 15.6 Å². The molecule has 0 aliphatic carbocycles. The van der Waals surface area contributed by atoms with Gasteiger partial charge in [-0.3, -0.25) is 20.4 Å². The van der Waals surface area contributed by atoms with Gasteiger partial charge in [0.1, 0.15) is 15.5 Å². The molecule has 0 fully saturated rings. The molecule has 10 heteroatoms. The number of esters is 1. The van der Waals surface area contributed by atoms with Crippen LogP contribution in [-0.4, -0.2) is 41.3 Å². The Kier molecular flexibility index (Phi) is 6.36. The third kappa shape index (κ3) is 4.85. The third-order valence-electron chi connectivity index (χ3n) is 4.75. The first kappa shape index (κ1) is 22.0. The number of para-hydroxylation sites is 1. The molecule has 2 aromatic heterocycles. The highest BCUT2D eigenvalue weighted by molar-refractivity contribution is 7.20. The lowest BCUT2D eigenvalue weighted by Gasteiger charge is -2.08. The van der Waals surface area contributed by atoms with Crippen LogP contribution in [0.5, 0.6) is 5.75 Å². The minimum absolute atomic E-state index is 0.334. The van der Waals surface area contributed by atoms with Crippen LogP contribution in [0.4, 0.5) is 0 Å². The van der Waals surface area contributed by atoms with Gasteiger partial charge in [-0.1, -0.05) is 18.2 Å². The number of nitrogens with zero attached hydrogens (tertiary/aromatic N) is 2. The molecule has 0 aliphatic rings. The van der Waals surface area contributed by atoms with Gasteiger partial charge in [0.2, 0.25) is 0 Å². The number of fused-ring (bicyclic) bond motifs is 1. The summed E-state index contributed by atoms with van der Waals surface area (Å²) in [5, 5.41) is 5.37. The highest BCUT2D eigenvalue weighted by Crippen LogP contribution is 2.30. The Morgan fingerprint density at radius 2 is 1.76 bits per heavy atom. The summed E-state index contributed by atoms with van der Waals surface area (Å²) in [4.78, 5) is 37.7. The predicted molar refractivity (Wildman–Crippen MR) is 123 cm³/mol. The Morgan fingerprint density at radius 3 is 2.45 bits per heavy atom. The maximum absolute atomic E-state index is 12.5. The van der Waals surface area contributed by atoms with Crippen LogP contribution in [0.3, 0.4) is 0 Å². The number of hydrogen-bond acceptors (Lipinski definition) is 7. The molecule has 33 heavy (non-hydrogen) atoms. The van der Waals surface area contributed by atoms with E-state index >= 15 is 0 Å². The van der Waals surface area contributed by atoms with Gasteiger partial charge in [-0.25, -0.2) is 9.48 Å². The molecule has 9 nitrogen and oxygen atoms in total. The fraction of sp³-hybridized carbons (Fsp3) is 0.130. The Morgan fingerprint density at radius 1 is 1.03 bits per heavy atom. The van der Waals surface area contributed by atoms with Gasteiger partial charge < -0.3 is 9.47 Å². The van der Waals surface area contributed by atoms with Crippen LogP contribution in [0.25, 0.3) is 15.9 Å². The van der Waals surface area contributed by atoms with Crippen molar-refractivity contribution in [2.45, 2.75) is 6.92 Å². The SMILES string of the molecule is COc1ccc(C(=O)NNC(=O)COC(=O)c2cc3c(C)nn(-c4ccccc4)c3s2)cc1. The number of amides is 2. The highest BCUT2D eigenvalue weighted by Gasteiger charge is 2.19. The first-order valence-corrected chi connectivity index (χ1v) is 10.7. The summed E-state index contributed by atoms with van der Waals surface area (Å²) in [5.41, 5.74) is 6.48. The molecule has 0 spiro atoms. The van der Waals surface area contributed by atoms with Crippen molar-refractivity contribution in [3.8, 4) is 11.4 Å². The average molecular weight is 465 g/mol. The van der Waals surface area contributed by atoms with Gasteiger partial charge in [0.15, 0.2) is 6.61 Å². The summed E-state index contributed by atoms with van der Waals surface area (Å²) in [5.74, 6) is -1.21. The fourth-order valence-corrected chi connectivity index (χ4v) is 4.15. The number of ether oxygens (including phenoxy) is 2. The molecule has 2 N–H and O–H groups in total. The summed E-state index contributed by atoms with van der Waals surface area (Å²) in [7, 11) is 1.52. The molecule has 0 saturated heterocycles. The fourth-order valence-electron chi connectivity index (χ4n) is 3.07. The molecule has 2 heterocycles. The Bertz CT molecular complexity index is 1310. The van der Waals surface area contributed by atoms with Gasteiger partial charge in [0, 0.05) is 10.9 Å². The van der Waals surface area contributed by atoms with E-state index in [1.807, 2.05) is 37.3 Å². The quantitative estimate of drug-likeness (QED) is 0.335. The molecule has 0 aliphatic heterocycles. The van der Waals surface area contributed by atoms with Gasteiger partial charge in [0.05, 0.1) is 18.5 Å². The summed E-state index contributed by atoms with van der Waals surface area (Å²) in [6, 6.07) is 17.7. The number of methoxy groups -OCH3 is 1. The van der Waals surface area contributed by atoms with E-state index in [1.165, 1.54) is 18.4 Å². The molecular formula is C23H20N4O5S. The third-order valence-corrected chi connectivity index (χ3v) is 5.84. The van der Waals surface area contributed by atoms with Gasteiger partial charge in [-0.15, -0.1) is 11.3 Å². The number of carbonyl (C=O) groups excluding carboxylic acids is 3. The molecule has 2 aromatic carbocycles. The van der Waals surface area contributed by atoms with Crippen LogP contribution in [-0.2, 0) is 9.53 Å². The summed E-state index contributed by atoms with van der Waals surface area (Å²) >= 11 is 1.23. The van der Waals surface area contributed by atoms with Crippen LogP contribution in [0.15, 0.2) is 60.7 Å². The number of rotatable bonds is 6. The largest absolute Gasteiger partial charge is 0.497 e. The number of hydrogen-bond donors (Lipinski definition) is 2. The molecule has 168 valence electrons. The van der Waals surface area contributed by atoms with Gasteiger partial charge in [0.25, 0.3) is 11.8 Å². The second-order valence-electron chi connectivity index (χ2n) is 6.97. The molecule has 2 amide bonds. The zero-order valence-corrected chi connectivity index (χ0v) is 18.6. The van der Waals surface area contributed by atoms with E-state index in [9.17, 15) is 14.4 Å². The van der Waals surface area contributed by atoms with Crippen molar-refractivity contribution in [2.75, 3.05) is 13.7 Å². The van der Waals surface area contributed by atoms with E-state index in [2.05, 4.69) is 16.0 Å². The topological polar surface area (TPSA) is 112 Å². The number of aryl methyl sites for hydroxylation is 1. The van der Waals surface area contributed by atoms with Crippen molar-refractivity contribution in [3.05, 3.63) is 76.8 Å². The van der Waals surface area contributed by atoms with Crippen molar-refractivity contribution < 1.29 is 23.9 Å². The number of hydrazine groups is 1. The Hall–Kier alpha value is -4.18. The number of benzene rings is 2. The van der Waals surface area contributed by atoms with E-state index in [4.69, 9.17) is 9.47 Å². The number of nitrogens with one attached hydrogen (secondary N) is 2. The average Bonchev–Trinajstić information content (AvgIpc) is 3.42. The maximum atomic E-state index is 12.5. The first-order chi connectivity index (χ1) is 16.0. The standard InChI is InChI=1S/C23H20N4O5S/c1-14-18-12-19(33-22(18)27(26-14)16-6-4-3-5-7-16)23(30)32-13-20(28)24-25-21(29)15-8-10-17(31-2)11-9-15/h3-12H,13H2,1-2H3,(H,24,28)(H,25,29). The zero-order chi connectivity index (χ0) is 23.4. The molecule has 0 atom stereocenters. The van der Waals surface area contributed by atoms with Crippen LogP contribution >= 0.6 is 11.3 Å². The molecule has 4 aromatic rings. The second-order valence-corrected chi connectivity index (χ2v) is 8.00. The second kappa shape index (κ2) is 9.53.